The van der Waals surface area contributed by atoms with Crippen molar-refractivity contribution in [1.29, 1.82) is 0 Å². The van der Waals surface area contributed by atoms with Crippen LogP contribution in [0.5, 0.6) is 0 Å². The van der Waals surface area contributed by atoms with E-state index in [0.717, 1.165) is 22.4 Å². The molecule has 90 valence electrons. The Hall–Kier alpha value is -1.58. The highest BCUT2D eigenvalue weighted by Gasteiger charge is 2.13. The Kier molecular flexibility index (Phi) is 2.73. The molecule has 2 heterocycles. The summed E-state index contributed by atoms with van der Waals surface area (Å²) in [5, 5.41) is 1.12. The summed E-state index contributed by atoms with van der Waals surface area (Å²) in [5.41, 5.74) is 2.67. The van der Waals surface area contributed by atoms with Gasteiger partial charge in [-0.3, -0.25) is 0 Å². The topological polar surface area (TPSA) is 30.7 Å². The number of nitrogens with zero attached hydrogens (tertiary/aromatic N) is 3. The molecule has 3 aromatic rings. The van der Waals surface area contributed by atoms with Crippen LogP contribution >= 0.6 is 23.2 Å². The van der Waals surface area contributed by atoms with Crippen LogP contribution in [-0.2, 0) is 7.05 Å². The molecule has 0 amide bonds. The number of aromatic nitrogens is 3. The first kappa shape index (κ1) is 11.5. The van der Waals surface area contributed by atoms with Crippen molar-refractivity contribution < 1.29 is 0 Å². The second-order valence-electron chi connectivity index (χ2n) is 3.97. The van der Waals surface area contributed by atoms with Crippen molar-refractivity contribution >= 4 is 34.2 Å². The van der Waals surface area contributed by atoms with E-state index in [4.69, 9.17) is 23.2 Å². The number of halogens is 2. The lowest BCUT2D eigenvalue weighted by Gasteiger charge is -2.03. The van der Waals surface area contributed by atoms with Gasteiger partial charge < -0.3 is 4.57 Å². The van der Waals surface area contributed by atoms with Gasteiger partial charge in [-0.15, -0.1) is 0 Å². The lowest BCUT2D eigenvalue weighted by Crippen LogP contribution is -1.93. The molecule has 0 unspecified atom stereocenters. The minimum absolute atomic E-state index is 0.446. The highest BCUT2D eigenvalue weighted by molar-refractivity contribution is 6.32. The zero-order chi connectivity index (χ0) is 12.7. The van der Waals surface area contributed by atoms with Crippen molar-refractivity contribution in [3.63, 3.8) is 0 Å². The standard InChI is InChI=1S/C13H9Cl2N3/c1-18-11-5-4-8(14)7-10(11)17-13(18)9-3-2-6-16-12(9)15/h2-7H,1H3. The predicted molar refractivity (Wildman–Crippen MR) is 74.0 cm³/mol. The van der Waals surface area contributed by atoms with Crippen molar-refractivity contribution in [1.82, 2.24) is 14.5 Å². The van der Waals surface area contributed by atoms with Crippen LogP contribution in [0.1, 0.15) is 0 Å². The molecule has 1 aromatic carbocycles. The van der Waals surface area contributed by atoms with Gasteiger partial charge in [-0.2, -0.15) is 0 Å². The Morgan fingerprint density at radius 1 is 1.17 bits per heavy atom. The number of imidazole rings is 1. The van der Waals surface area contributed by atoms with E-state index >= 15 is 0 Å². The Balaban J connectivity index is 2.31. The number of hydrogen-bond donors (Lipinski definition) is 0. The lowest BCUT2D eigenvalue weighted by atomic mass is 10.3. The molecule has 3 nitrogen and oxygen atoms in total. The molecule has 18 heavy (non-hydrogen) atoms. The molecule has 0 aliphatic carbocycles. The Morgan fingerprint density at radius 2 is 2.00 bits per heavy atom. The first-order chi connectivity index (χ1) is 8.66. The summed E-state index contributed by atoms with van der Waals surface area (Å²) >= 11 is 12.1. The molecule has 5 heteroatoms. The van der Waals surface area contributed by atoms with Crippen molar-refractivity contribution in [3.8, 4) is 11.4 Å². The number of rotatable bonds is 1. The fraction of sp³-hybridized carbons (Fsp3) is 0.0769. The Labute approximate surface area is 114 Å². The van der Waals surface area contributed by atoms with E-state index in [2.05, 4.69) is 9.97 Å². The van der Waals surface area contributed by atoms with E-state index in [0.29, 0.717) is 10.2 Å². The third-order valence-corrected chi connectivity index (χ3v) is 3.38. The number of hydrogen-bond acceptors (Lipinski definition) is 2. The molecule has 0 N–H and O–H groups in total. The van der Waals surface area contributed by atoms with Gasteiger partial charge in [-0.1, -0.05) is 23.2 Å². The fourth-order valence-corrected chi connectivity index (χ4v) is 2.34. The quantitative estimate of drug-likeness (QED) is 0.631. The molecule has 0 aliphatic heterocycles. The van der Waals surface area contributed by atoms with E-state index in [1.165, 1.54) is 0 Å². The molecule has 0 radical (unpaired) electrons. The molecule has 0 aliphatic rings. The average molecular weight is 278 g/mol. The minimum atomic E-state index is 0.446. The van der Waals surface area contributed by atoms with Crippen LogP contribution in [0.2, 0.25) is 10.2 Å². The van der Waals surface area contributed by atoms with Crippen LogP contribution in [0.3, 0.4) is 0 Å². The summed E-state index contributed by atoms with van der Waals surface area (Å²) in [7, 11) is 1.95. The number of benzene rings is 1. The van der Waals surface area contributed by atoms with Crippen molar-refractivity contribution in [2.75, 3.05) is 0 Å². The SMILES string of the molecule is Cn1c(-c2cccnc2Cl)nc2cc(Cl)ccc21. The van der Waals surface area contributed by atoms with Gasteiger partial charge >= 0.3 is 0 Å². The Bertz CT molecular complexity index is 734. The highest BCUT2D eigenvalue weighted by Crippen LogP contribution is 2.28. The van der Waals surface area contributed by atoms with Crippen LogP contribution < -0.4 is 0 Å². The van der Waals surface area contributed by atoms with Gasteiger partial charge in [0.25, 0.3) is 0 Å². The molecule has 0 saturated carbocycles. The van der Waals surface area contributed by atoms with Gasteiger partial charge in [0.05, 0.1) is 16.6 Å². The normalized spacial score (nSPS) is 11.1. The number of aryl methyl sites for hydroxylation is 1. The van der Waals surface area contributed by atoms with Gasteiger partial charge in [0.2, 0.25) is 0 Å². The number of pyridine rings is 1. The molecule has 0 fully saturated rings. The second-order valence-corrected chi connectivity index (χ2v) is 4.76. The van der Waals surface area contributed by atoms with E-state index in [9.17, 15) is 0 Å². The summed E-state index contributed by atoms with van der Waals surface area (Å²) < 4.78 is 1.98. The second kappa shape index (κ2) is 4.26. The third-order valence-electron chi connectivity index (χ3n) is 2.84. The first-order valence-corrected chi connectivity index (χ1v) is 6.15. The molecule has 3 rings (SSSR count). The number of fused-ring (bicyclic) bond motifs is 1. The maximum Gasteiger partial charge on any atom is 0.143 e. The van der Waals surface area contributed by atoms with E-state index < -0.39 is 0 Å². The largest absolute Gasteiger partial charge is 0.327 e. The summed E-state index contributed by atoms with van der Waals surface area (Å²) in [6, 6.07) is 9.37. The fourth-order valence-electron chi connectivity index (χ4n) is 1.97. The molecule has 2 aromatic heterocycles. The highest BCUT2D eigenvalue weighted by atomic mass is 35.5. The summed E-state index contributed by atoms with van der Waals surface area (Å²) in [5.74, 6) is 0.783. The van der Waals surface area contributed by atoms with E-state index in [1.54, 1.807) is 6.20 Å². The summed E-state index contributed by atoms with van der Waals surface area (Å²) in [6.07, 6.45) is 1.66. The van der Waals surface area contributed by atoms with Crippen LogP contribution in [0.15, 0.2) is 36.5 Å². The van der Waals surface area contributed by atoms with Crippen molar-refractivity contribution in [3.05, 3.63) is 46.7 Å². The monoisotopic (exact) mass is 277 g/mol. The minimum Gasteiger partial charge on any atom is -0.327 e. The average Bonchev–Trinajstić information content (AvgIpc) is 2.67. The first-order valence-electron chi connectivity index (χ1n) is 5.39. The molecule has 0 saturated heterocycles. The van der Waals surface area contributed by atoms with E-state index in [1.807, 2.05) is 41.9 Å². The van der Waals surface area contributed by atoms with Crippen LogP contribution in [0, 0.1) is 0 Å². The smallest absolute Gasteiger partial charge is 0.143 e. The van der Waals surface area contributed by atoms with Gasteiger partial charge in [0.15, 0.2) is 0 Å². The van der Waals surface area contributed by atoms with Gasteiger partial charge in [-0.25, -0.2) is 9.97 Å². The summed E-state index contributed by atoms with van der Waals surface area (Å²) in [4.78, 5) is 8.63. The molecule has 0 atom stereocenters. The Morgan fingerprint density at radius 3 is 2.78 bits per heavy atom. The molecule has 0 spiro atoms. The molecule has 0 bridgehead atoms. The summed E-state index contributed by atoms with van der Waals surface area (Å²) in [6.45, 7) is 0. The zero-order valence-electron chi connectivity index (χ0n) is 9.56. The lowest BCUT2D eigenvalue weighted by molar-refractivity contribution is 0.957. The van der Waals surface area contributed by atoms with Crippen molar-refractivity contribution in [2.45, 2.75) is 0 Å². The molecular weight excluding hydrogens is 269 g/mol. The molecular formula is C13H9Cl2N3. The van der Waals surface area contributed by atoms with E-state index in [-0.39, 0.29) is 0 Å². The van der Waals surface area contributed by atoms with Crippen LogP contribution in [0.25, 0.3) is 22.4 Å². The van der Waals surface area contributed by atoms with Gasteiger partial charge in [0.1, 0.15) is 11.0 Å². The van der Waals surface area contributed by atoms with Crippen LogP contribution in [-0.4, -0.2) is 14.5 Å². The van der Waals surface area contributed by atoms with Gasteiger partial charge in [0, 0.05) is 18.3 Å². The zero-order valence-corrected chi connectivity index (χ0v) is 11.1. The van der Waals surface area contributed by atoms with Gasteiger partial charge in [-0.05, 0) is 30.3 Å². The van der Waals surface area contributed by atoms with Crippen molar-refractivity contribution in [2.24, 2.45) is 7.05 Å². The maximum atomic E-state index is 6.10. The maximum absolute atomic E-state index is 6.10. The van der Waals surface area contributed by atoms with Crippen LogP contribution in [0.4, 0.5) is 0 Å². The predicted octanol–water partition coefficient (Wildman–Crippen LogP) is 3.94. The third kappa shape index (κ3) is 1.76.